The first-order chi connectivity index (χ1) is 9.71. The van der Waals surface area contributed by atoms with Gasteiger partial charge in [0.1, 0.15) is 12.4 Å². The van der Waals surface area contributed by atoms with Crippen molar-refractivity contribution in [2.45, 2.75) is 32.7 Å². The summed E-state index contributed by atoms with van der Waals surface area (Å²) in [7, 11) is 2.16. The number of hydrogen-bond donors (Lipinski definition) is 1. The van der Waals surface area contributed by atoms with Crippen LogP contribution in [0, 0.1) is 11.8 Å². The van der Waals surface area contributed by atoms with Crippen LogP contribution in [0.25, 0.3) is 0 Å². The van der Waals surface area contributed by atoms with Gasteiger partial charge in [-0.25, -0.2) is 0 Å². The smallest absolute Gasteiger partial charge is 0.119 e. The summed E-state index contributed by atoms with van der Waals surface area (Å²) in [5.74, 6) is 6.72. The van der Waals surface area contributed by atoms with Crippen LogP contribution in [-0.4, -0.2) is 37.7 Å². The van der Waals surface area contributed by atoms with Gasteiger partial charge in [-0.1, -0.05) is 25.7 Å². The van der Waals surface area contributed by atoms with Crippen LogP contribution in [0.15, 0.2) is 24.3 Å². The van der Waals surface area contributed by atoms with Crippen LogP contribution >= 0.6 is 0 Å². The maximum atomic E-state index is 5.76. The van der Waals surface area contributed by atoms with Gasteiger partial charge in [0.25, 0.3) is 0 Å². The Morgan fingerprint density at radius 2 is 1.85 bits per heavy atom. The largest absolute Gasteiger partial charge is 0.492 e. The van der Waals surface area contributed by atoms with Crippen LogP contribution in [0.1, 0.15) is 32.3 Å². The quantitative estimate of drug-likeness (QED) is 0.776. The van der Waals surface area contributed by atoms with Crippen molar-refractivity contribution in [1.82, 2.24) is 4.90 Å². The predicted molar refractivity (Wildman–Crippen MR) is 84.9 cm³/mol. The van der Waals surface area contributed by atoms with E-state index in [-0.39, 0.29) is 0 Å². The van der Waals surface area contributed by atoms with Crippen LogP contribution in [0.3, 0.4) is 0 Å². The minimum atomic E-state index is 0.389. The van der Waals surface area contributed by atoms with Crippen molar-refractivity contribution in [2.75, 3.05) is 26.7 Å². The lowest BCUT2D eigenvalue weighted by Gasteiger charge is -2.25. The summed E-state index contributed by atoms with van der Waals surface area (Å²) in [6.07, 6.45) is 2.36. The molecular formula is C17H26N2O. The number of rotatable bonds is 7. The summed E-state index contributed by atoms with van der Waals surface area (Å²) >= 11 is 0. The van der Waals surface area contributed by atoms with Gasteiger partial charge in [0.2, 0.25) is 0 Å². The van der Waals surface area contributed by atoms with Crippen molar-refractivity contribution in [3.63, 3.8) is 0 Å². The Kier molecular flexibility index (Phi) is 7.79. The predicted octanol–water partition coefficient (Wildman–Crippen LogP) is 2.50. The van der Waals surface area contributed by atoms with Crippen molar-refractivity contribution in [1.29, 1.82) is 0 Å². The van der Waals surface area contributed by atoms with Gasteiger partial charge in [-0.05, 0) is 44.2 Å². The number of hydrogen-bond acceptors (Lipinski definition) is 3. The van der Waals surface area contributed by atoms with Gasteiger partial charge in [-0.3, -0.25) is 0 Å². The number of benzene rings is 1. The monoisotopic (exact) mass is 274 g/mol. The summed E-state index contributed by atoms with van der Waals surface area (Å²) in [6, 6.07) is 8.48. The second kappa shape index (κ2) is 9.41. The van der Waals surface area contributed by atoms with Crippen LogP contribution in [-0.2, 0) is 0 Å². The minimum absolute atomic E-state index is 0.389. The normalized spacial score (nSPS) is 10.5. The second-order valence-corrected chi connectivity index (χ2v) is 4.83. The highest BCUT2D eigenvalue weighted by molar-refractivity contribution is 5.38. The van der Waals surface area contributed by atoms with E-state index in [9.17, 15) is 0 Å². The molecule has 0 fully saturated rings. The van der Waals surface area contributed by atoms with Gasteiger partial charge < -0.3 is 15.4 Å². The van der Waals surface area contributed by atoms with E-state index in [0.29, 0.717) is 19.2 Å². The molecule has 0 spiro atoms. The van der Waals surface area contributed by atoms with E-state index < -0.39 is 0 Å². The first-order valence-electron chi connectivity index (χ1n) is 7.33. The molecule has 0 bridgehead atoms. The maximum Gasteiger partial charge on any atom is 0.119 e. The summed E-state index contributed by atoms with van der Waals surface area (Å²) in [4.78, 5) is 2.36. The average molecular weight is 274 g/mol. The summed E-state index contributed by atoms with van der Waals surface area (Å²) in [6.45, 7) is 6.50. The average Bonchev–Trinajstić information content (AvgIpc) is 2.47. The summed E-state index contributed by atoms with van der Waals surface area (Å²) < 4.78 is 5.76. The van der Waals surface area contributed by atoms with Gasteiger partial charge in [-0.2, -0.15) is 0 Å². The Morgan fingerprint density at radius 3 is 2.40 bits per heavy atom. The first-order valence-corrected chi connectivity index (χ1v) is 7.33. The number of ether oxygens (including phenoxy) is 1. The molecule has 1 aromatic rings. The van der Waals surface area contributed by atoms with Crippen molar-refractivity contribution >= 4 is 0 Å². The van der Waals surface area contributed by atoms with E-state index in [0.717, 1.165) is 17.9 Å². The van der Waals surface area contributed by atoms with Crippen molar-refractivity contribution < 1.29 is 4.74 Å². The van der Waals surface area contributed by atoms with Crippen molar-refractivity contribution in [3.8, 4) is 17.6 Å². The molecule has 2 N–H and O–H groups in total. The van der Waals surface area contributed by atoms with E-state index in [1.807, 2.05) is 24.3 Å². The minimum Gasteiger partial charge on any atom is -0.492 e. The molecule has 0 aliphatic heterocycles. The van der Waals surface area contributed by atoms with Gasteiger partial charge in [-0.15, -0.1) is 0 Å². The molecule has 0 saturated heterocycles. The van der Waals surface area contributed by atoms with E-state index in [4.69, 9.17) is 10.5 Å². The van der Waals surface area contributed by atoms with Crippen LogP contribution in [0.5, 0.6) is 5.75 Å². The molecule has 1 rings (SSSR count). The summed E-state index contributed by atoms with van der Waals surface area (Å²) in [5, 5.41) is 0. The second-order valence-electron chi connectivity index (χ2n) is 4.83. The van der Waals surface area contributed by atoms with Crippen LogP contribution in [0.2, 0.25) is 0 Å². The lowest BCUT2D eigenvalue weighted by molar-refractivity contribution is 0.183. The summed E-state index contributed by atoms with van der Waals surface area (Å²) in [5.41, 5.74) is 6.31. The molecule has 0 saturated carbocycles. The molecule has 0 radical (unpaired) electrons. The highest BCUT2D eigenvalue weighted by atomic mass is 16.5. The Balaban J connectivity index is 2.38. The lowest BCUT2D eigenvalue weighted by atomic mass is 10.1. The fourth-order valence-electron chi connectivity index (χ4n) is 2.19. The highest BCUT2D eigenvalue weighted by Crippen LogP contribution is 2.12. The third kappa shape index (κ3) is 5.64. The molecule has 0 unspecified atom stereocenters. The molecule has 3 heteroatoms. The zero-order chi connectivity index (χ0) is 14.8. The molecule has 110 valence electrons. The van der Waals surface area contributed by atoms with E-state index in [1.165, 1.54) is 12.8 Å². The SMILES string of the molecule is CCC(CC)N(C)CCOc1ccc(C#CCN)cc1. The zero-order valence-electron chi connectivity index (χ0n) is 12.9. The molecule has 0 aliphatic carbocycles. The highest BCUT2D eigenvalue weighted by Gasteiger charge is 2.09. The fraction of sp³-hybridized carbons (Fsp3) is 0.529. The standard InChI is InChI=1S/C17H26N2O/c1-4-16(5-2)19(3)13-14-20-17-10-8-15(9-11-17)7-6-12-18/h8-11,16H,4-5,12-14,18H2,1-3H3. The van der Waals surface area contributed by atoms with Gasteiger partial charge in [0.05, 0.1) is 6.54 Å². The van der Waals surface area contributed by atoms with E-state index in [1.54, 1.807) is 0 Å². The molecule has 20 heavy (non-hydrogen) atoms. The molecular weight excluding hydrogens is 248 g/mol. The molecule has 0 heterocycles. The Morgan fingerprint density at radius 1 is 1.20 bits per heavy atom. The maximum absolute atomic E-state index is 5.76. The Hall–Kier alpha value is -1.50. The van der Waals surface area contributed by atoms with Gasteiger partial charge in [0, 0.05) is 18.2 Å². The van der Waals surface area contributed by atoms with Crippen LogP contribution < -0.4 is 10.5 Å². The van der Waals surface area contributed by atoms with Crippen molar-refractivity contribution in [2.24, 2.45) is 5.73 Å². The molecule has 0 amide bonds. The molecule has 1 aromatic carbocycles. The molecule has 3 nitrogen and oxygen atoms in total. The topological polar surface area (TPSA) is 38.5 Å². The Labute approximate surface area is 123 Å². The molecule has 0 aromatic heterocycles. The van der Waals surface area contributed by atoms with Gasteiger partial charge in [0.15, 0.2) is 0 Å². The van der Waals surface area contributed by atoms with E-state index in [2.05, 4.69) is 37.6 Å². The fourth-order valence-corrected chi connectivity index (χ4v) is 2.19. The third-order valence-electron chi connectivity index (χ3n) is 3.47. The van der Waals surface area contributed by atoms with Crippen LogP contribution in [0.4, 0.5) is 0 Å². The number of nitrogens with two attached hydrogens (primary N) is 1. The lowest BCUT2D eigenvalue weighted by Crippen LogP contribution is -2.33. The third-order valence-corrected chi connectivity index (χ3v) is 3.47. The molecule has 0 aliphatic rings. The molecule has 0 atom stereocenters. The zero-order valence-corrected chi connectivity index (χ0v) is 12.9. The number of nitrogens with zero attached hydrogens (tertiary/aromatic N) is 1. The number of likely N-dealkylation sites (N-methyl/N-ethyl adjacent to an activating group) is 1. The first kappa shape index (κ1) is 16.6. The Bertz CT molecular complexity index is 427. The van der Waals surface area contributed by atoms with Gasteiger partial charge >= 0.3 is 0 Å². The van der Waals surface area contributed by atoms with Crippen molar-refractivity contribution in [3.05, 3.63) is 29.8 Å². The van der Waals surface area contributed by atoms with E-state index >= 15 is 0 Å².